The Morgan fingerprint density at radius 2 is 2.00 bits per heavy atom. The van der Waals surface area contributed by atoms with Gasteiger partial charge in [-0.3, -0.25) is 19.5 Å². The maximum atomic E-state index is 13.0. The summed E-state index contributed by atoms with van der Waals surface area (Å²) in [5.74, 6) is 0.0272. The normalized spacial score (nSPS) is 19.4. The SMILES string of the molecule is Cc1cccc(N2C(=O)c3cccnc3[C@H]2CC(=O)N2CCCC2)c1. The highest BCUT2D eigenvalue weighted by atomic mass is 16.2. The van der Waals surface area contributed by atoms with E-state index in [2.05, 4.69) is 4.98 Å². The van der Waals surface area contributed by atoms with Crippen molar-refractivity contribution in [1.29, 1.82) is 0 Å². The Bertz CT molecular complexity index is 827. The Morgan fingerprint density at radius 3 is 2.76 bits per heavy atom. The summed E-state index contributed by atoms with van der Waals surface area (Å²) in [6, 6.07) is 11.1. The number of carbonyl (C=O) groups is 2. The Labute approximate surface area is 147 Å². The maximum Gasteiger partial charge on any atom is 0.260 e. The van der Waals surface area contributed by atoms with Gasteiger partial charge in [0.2, 0.25) is 5.91 Å². The number of anilines is 1. The van der Waals surface area contributed by atoms with Gasteiger partial charge in [0, 0.05) is 25.0 Å². The summed E-state index contributed by atoms with van der Waals surface area (Å²) < 4.78 is 0. The average Bonchev–Trinajstić information content (AvgIpc) is 3.23. The van der Waals surface area contributed by atoms with Crippen LogP contribution in [0.15, 0.2) is 42.6 Å². The molecule has 0 spiro atoms. The molecule has 2 aliphatic rings. The number of hydrogen-bond donors (Lipinski definition) is 0. The van der Waals surface area contributed by atoms with Crippen LogP contribution in [-0.4, -0.2) is 34.8 Å². The fraction of sp³-hybridized carbons (Fsp3) is 0.350. The zero-order valence-corrected chi connectivity index (χ0v) is 14.3. The third-order valence-electron chi connectivity index (χ3n) is 5.02. The van der Waals surface area contributed by atoms with Gasteiger partial charge in [-0.25, -0.2) is 0 Å². The number of rotatable bonds is 3. The van der Waals surface area contributed by atoms with Crippen LogP contribution in [0.5, 0.6) is 0 Å². The Morgan fingerprint density at radius 1 is 1.20 bits per heavy atom. The van der Waals surface area contributed by atoms with E-state index in [1.807, 2.05) is 36.1 Å². The molecule has 128 valence electrons. The molecule has 0 saturated carbocycles. The van der Waals surface area contributed by atoms with Crippen molar-refractivity contribution in [3.05, 3.63) is 59.4 Å². The summed E-state index contributed by atoms with van der Waals surface area (Å²) in [6.45, 7) is 3.64. The van der Waals surface area contributed by atoms with E-state index in [1.54, 1.807) is 23.2 Å². The van der Waals surface area contributed by atoms with Crippen LogP contribution in [0.4, 0.5) is 5.69 Å². The molecule has 4 rings (SSSR count). The standard InChI is InChI=1S/C20H21N3O2/c1-14-6-4-7-15(12-14)23-17(13-18(24)22-10-2-3-11-22)19-16(20(23)25)8-5-9-21-19/h4-9,12,17H,2-3,10-11,13H2,1H3/t17-/m1/s1. The molecule has 3 heterocycles. The number of hydrogen-bond acceptors (Lipinski definition) is 3. The number of likely N-dealkylation sites (tertiary alicyclic amines) is 1. The second-order valence-electron chi connectivity index (χ2n) is 6.76. The van der Waals surface area contributed by atoms with E-state index in [1.165, 1.54) is 0 Å². The minimum Gasteiger partial charge on any atom is -0.343 e. The van der Waals surface area contributed by atoms with Crippen LogP contribution in [0.25, 0.3) is 0 Å². The predicted molar refractivity (Wildman–Crippen MR) is 95.4 cm³/mol. The molecule has 1 atom stereocenters. The number of aromatic nitrogens is 1. The molecule has 1 aromatic heterocycles. The van der Waals surface area contributed by atoms with Gasteiger partial charge in [0.15, 0.2) is 0 Å². The molecular formula is C20H21N3O2. The van der Waals surface area contributed by atoms with Crippen molar-refractivity contribution in [3.8, 4) is 0 Å². The number of benzene rings is 1. The molecule has 2 aliphatic heterocycles. The van der Waals surface area contributed by atoms with Crippen LogP contribution >= 0.6 is 0 Å². The van der Waals surface area contributed by atoms with Crippen molar-refractivity contribution in [2.24, 2.45) is 0 Å². The molecular weight excluding hydrogens is 314 g/mol. The fourth-order valence-electron chi connectivity index (χ4n) is 3.78. The molecule has 5 nitrogen and oxygen atoms in total. The van der Waals surface area contributed by atoms with Gasteiger partial charge in [0.1, 0.15) is 0 Å². The van der Waals surface area contributed by atoms with Gasteiger partial charge in [0.05, 0.1) is 23.7 Å². The van der Waals surface area contributed by atoms with Crippen LogP contribution in [0.2, 0.25) is 0 Å². The zero-order chi connectivity index (χ0) is 17.4. The lowest BCUT2D eigenvalue weighted by atomic mass is 10.1. The summed E-state index contributed by atoms with van der Waals surface area (Å²) in [4.78, 5) is 33.8. The Hall–Kier alpha value is -2.69. The molecule has 0 radical (unpaired) electrons. The molecule has 2 amide bonds. The van der Waals surface area contributed by atoms with Gasteiger partial charge in [-0.15, -0.1) is 0 Å². The van der Waals surface area contributed by atoms with Crippen LogP contribution in [0.3, 0.4) is 0 Å². The van der Waals surface area contributed by atoms with Crippen LogP contribution in [-0.2, 0) is 4.79 Å². The number of pyridine rings is 1. The largest absolute Gasteiger partial charge is 0.343 e. The maximum absolute atomic E-state index is 13.0. The lowest BCUT2D eigenvalue weighted by Crippen LogP contribution is -2.34. The molecule has 0 bridgehead atoms. The number of fused-ring (bicyclic) bond motifs is 1. The van der Waals surface area contributed by atoms with Crippen molar-refractivity contribution < 1.29 is 9.59 Å². The molecule has 5 heteroatoms. The lowest BCUT2D eigenvalue weighted by Gasteiger charge is -2.26. The second-order valence-corrected chi connectivity index (χ2v) is 6.76. The molecule has 1 saturated heterocycles. The van der Waals surface area contributed by atoms with E-state index < -0.39 is 0 Å². The number of nitrogens with zero attached hydrogens (tertiary/aromatic N) is 3. The molecule has 1 fully saturated rings. The highest BCUT2D eigenvalue weighted by Gasteiger charge is 2.40. The molecule has 0 aliphatic carbocycles. The van der Waals surface area contributed by atoms with Gasteiger partial charge in [-0.2, -0.15) is 0 Å². The molecule has 2 aromatic rings. The van der Waals surface area contributed by atoms with Crippen LogP contribution < -0.4 is 4.90 Å². The van der Waals surface area contributed by atoms with Crippen molar-refractivity contribution >= 4 is 17.5 Å². The molecule has 25 heavy (non-hydrogen) atoms. The Kier molecular flexibility index (Phi) is 3.99. The first kappa shape index (κ1) is 15.8. The second kappa shape index (κ2) is 6.31. The highest BCUT2D eigenvalue weighted by Crippen LogP contribution is 2.38. The first-order valence-electron chi connectivity index (χ1n) is 8.78. The predicted octanol–water partition coefficient (Wildman–Crippen LogP) is 3.10. The van der Waals surface area contributed by atoms with Crippen LogP contribution in [0, 0.1) is 6.92 Å². The lowest BCUT2D eigenvalue weighted by molar-refractivity contribution is -0.130. The average molecular weight is 335 g/mol. The molecule has 1 aromatic carbocycles. The van der Waals surface area contributed by atoms with Crippen molar-refractivity contribution in [3.63, 3.8) is 0 Å². The van der Waals surface area contributed by atoms with E-state index in [0.29, 0.717) is 11.3 Å². The van der Waals surface area contributed by atoms with E-state index in [9.17, 15) is 9.59 Å². The van der Waals surface area contributed by atoms with Gasteiger partial charge < -0.3 is 4.90 Å². The summed E-state index contributed by atoms with van der Waals surface area (Å²) in [5, 5.41) is 0. The van der Waals surface area contributed by atoms with Crippen molar-refractivity contribution in [2.45, 2.75) is 32.2 Å². The van der Waals surface area contributed by atoms with E-state index in [-0.39, 0.29) is 24.3 Å². The van der Waals surface area contributed by atoms with Gasteiger partial charge >= 0.3 is 0 Å². The molecule has 0 N–H and O–H groups in total. The van der Waals surface area contributed by atoms with E-state index >= 15 is 0 Å². The minimum absolute atomic E-state index is 0.0760. The topological polar surface area (TPSA) is 53.5 Å². The number of aryl methyl sites for hydroxylation is 1. The highest BCUT2D eigenvalue weighted by molar-refractivity contribution is 6.11. The van der Waals surface area contributed by atoms with Crippen molar-refractivity contribution in [1.82, 2.24) is 9.88 Å². The summed E-state index contributed by atoms with van der Waals surface area (Å²) in [6.07, 6.45) is 4.10. The smallest absolute Gasteiger partial charge is 0.260 e. The third kappa shape index (κ3) is 2.80. The minimum atomic E-state index is -0.335. The number of amides is 2. The molecule has 0 unspecified atom stereocenters. The first-order chi connectivity index (χ1) is 12.1. The van der Waals surface area contributed by atoms with E-state index in [4.69, 9.17) is 0 Å². The summed E-state index contributed by atoms with van der Waals surface area (Å²) in [7, 11) is 0. The van der Waals surface area contributed by atoms with Crippen molar-refractivity contribution in [2.75, 3.05) is 18.0 Å². The van der Waals surface area contributed by atoms with Crippen LogP contribution in [0.1, 0.15) is 46.9 Å². The summed E-state index contributed by atoms with van der Waals surface area (Å²) >= 11 is 0. The van der Waals surface area contributed by atoms with E-state index in [0.717, 1.165) is 37.2 Å². The summed E-state index contributed by atoms with van der Waals surface area (Å²) in [5.41, 5.74) is 3.21. The van der Waals surface area contributed by atoms with Gasteiger partial charge in [0.25, 0.3) is 5.91 Å². The number of carbonyl (C=O) groups excluding carboxylic acids is 2. The zero-order valence-electron chi connectivity index (χ0n) is 14.3. The monoisotopic (exact) mass is 335 g/mol. The first-order valence-corrected chi connectivity index (χ1v) is 8.78. The third-order valence-corrected chi connectivity index (χ3v) is 5.02. The fourth-order valence-corrected chi connectivity index (χ4v) is 3.78. The Balaban J connectivity index is 1.71. The van der Waals surface area contributed by atoms with Gasteiger partial charge in [-0.1, -0.05) is 12.1 Å². The van der Waals surface area contributed by atoms with Gasteiger partial charge in [-0.05, 0) is 49.6 Å². The quantitative estimate of drug-likeness (QED) is 0.866.